The molecule has 1 saturated carbocycles. The lowest BCUT2D eigenvalue weighted by Crippen LogP contribution is -2.32. The first-order valence-electron chi connectivity index (χ1n) is 8.05. The standard InChI is InChI=1S/C17H25NO5/c1-11-5-4-6-13(7-11)22-10-16(19)18(3)9-14-8-15(17(20)21)12(2)23-14/h8,11,13H,4-7,9-10H2,1-3H3,(H,20,21)/t11-,13+/m0/s1. The van der Waals surface area contributed by atoms with Crippen LogP contribution in [0.15, 0.2) is 10.5 Å². The van der Waals surface area contributed by atoms with Crippen LogP contribution in [0.2, 0.25) is 0 Å². The zero-order valence-electron chi connectivity index (χ0n) is 14.0. The van der Waals surface area contributed by atoms with Crippen molar-refractivity contribution in [3.8, 4) is 0 Å². The van der Waals surface area contributed by atoms with Crippen LogP contribution in [0.3, 0.4) is 0 Å². The molecule has 1 fully saturated rings. The Hall–Kier alpha value is -1.82. The van der Waals surface area contributed by atoms with Crippen LogP contribution in [0, 0.1) is 12.8 Å². The molecule has 23 heavy (non-hydrogen) atoms. The Morgan fingerprint density at radius 1 is 1.43 bits per heavy atom. The quantitative estimate of drug-likeness (QED) is 0.870. The number of furan rings is 1. The van der Waals surface area contributed by atoms with Gasteiger partial charge in [-0.25, -0.2) is 4.79 Å². The van der Waals surface area contributed by atoms with Gasteiger partial charge in [0.15, 0.2) is 0 Å². The number of rotatable bonds is 6. The number of nitrogens with zero attached hydrogens (tertiary/aromatic N) is 1. The van der Waals surface area contributed by atoms with Gasteiger partial charge in [-0.1, -0.05) is 19.8 Å². The fraction of sp³-hybridized carbons (Fsp3) is 0.647. The van der Waals surface area contributed by atoms with Crippen molar-refractivity contribution in [2.75, 3.05) is 13.7 Å². The second-order valence-electron chi connectivity index (χ2n) is 6.44. The second-order valence-corrected chi connectivity index (χ2v) is 6.44. The number of aryl methyl sites for hydroxylation is 1. The number of carboxylic acids is 1. The largest absolute Gasteiger partial charge is 0.478 e. The van der Waals surface area contributed by atoms with Crippen molar-refractivity contribution in [1.82, 2.24) is 4.90 Å². The number of ether oxygens (including phenoxy) is 1. The number of hydrogen-bond acceptors (Lipinski definition) is 4. The molecule has 128 valence electrons. The molecule has 0 saturated heterocycles. The molecule has 1 aliphatic carbocycles. The zero-order chi connectivity index (χ0) is 17.0. The van der Waals surface area contributed by atoms with Gasteiger partial charge in [-0.15, -0.1) is 0 Å². The minimum absolute atomic E-state index is 0.0549. The van der Waals surface area contributed by atoms with Gasteiger partial charge in [-0.3, -0.25) is 4.79 Å². The van der Waals surface area contributed by atoms with E-state index < -0.39 is 5.97 Å². The van der Waals surface area contributed by atoms with Crippen molar-refractivity contribution in [2.45, 2.75) is 52.2 Å². The van der Waals surface area contributed by atoms with E-state index in [9.17, 15) is 9.59 Å². The smallest absolute Gasteiger partial charge is 0.339 e. The third-order valence-electron chi connectivity index (χ3n) is 4.35. The molecular formula is C17H25NO5. The van der Waals surface area contributed by atoms with E-state index in [1.165, 1.54) is 17.4 Å². The van der Waals surface area contributed by atoms with Crippen molar-refractivity contribution in [1.29, 1.82) is 0 Å². The molecule has 1 N–H and O–H groups in total. The maximum Gasteiger partial charge on any atom is 0.339 e. The first-order valence-corrected chi connectivity index (χ1v) is 8.05. The molecule has 1 aromatic heterocycles. The van der Waals surface area contributed by atoms with Gasteiger partial charge in [0.05, 0.1) is 12.6 Å². The SMILES string of the molecule is Cc1oc(CN(C)C(=O)CO[C@@H]2CCC[C@H](C)C2)cc1C(=O)O. The first-order chi connectivity index (χ1) is 10.9. The Kier molecular flexibility index (Phi) is 5.82. The third kappa shape index (κ3) is 4.82. The molecule has 6 heteroatoms. The van der Waals surface area contributed by atoms with Crippen molar-refractivity contribution in [3.63, 3.8) is 0 Å². The minimum Gasteiger partial charge on any atom is -0.478 e. The van der Waals surface area contributed by atoms with Crippen LogP contribution >= 0.6 is 0 Å². The third-order valence-corrected chi connectivity index (χ3v) is 4.35. The van der Waals surface area contributed by atoms with Crippen molar-refractivity contribution < 1.29 is 23.8 Å². The summed E-state index contributed by atoms with van der Waals surface area (Å²) in [6, 6.07) is 1.46. The van der Waals surface area contributed by atoms with Gasteiger partial charge >= 0.3 is 5.97 Å². The lowest BCUT2D eigenvalue weighted by Gasteiger charge is -2.27. The van der Waals surface area contributed by atoms with E-state index in [1.807, 2.05) is 0 Å². The Morgan fingerprint density at radius 3 is 2.78 bits per heavy atom. The van der Waals surface area contributed by atoms with Crippen LogP contribution in [0.4, 0.5) is 0 Å². The van der Waals surface area contributed by atoms with Crippen LogP contribution in [0.5, 0.6) is 0 Å². The summed E-state index contributed by atoms with van der Waals surface area (Å²) < 4.78 is 11.1. The van der Waals surface area contributed by atoms with Crippen LogP contribution in [-0.4, -0.2) is 41.6 Å². The average molecular weight is 323 g/mol. The Bertz CT molecular complexity index is 565. The van der Waals surface area contributed by atoms with Crippen LogP contribution < -0.4 is 0 Å². The van der Waals surface area contributed by atoms with E-state index in [0.717, 1.165) is 19.3 Å². The highest BCUT2D eigenvalue weighted by atomic mass is 16.5. The molecular weight excluding hydrogens is 298 g/mol. The molecule has 0 aromatic carbocycles. The number of aromatic carboxylic acids is 1. The Balaban J connectivity index is 1.82. The highest BCUT2D eigenvalue weighted by Gasteiger charge is 2.22. The maximum absolute atomic E-state index is 12.1. The minimum atomic E-state index is -1.03. The topological polar surface area (TPSA) is 80.0 Å². The maximum atomic E-state index is 12.1. The van der Waals surface area contributed by atoms with Crippen LogP contribution in [0.1, 0.15) is 54.5 Å². The van der Waals surface area contributed by atoms with E-state index >= 15 is 0 Å². The van der Waals surface area contributed by atoms with Crippen LogP contribution in [-0.2, 0) is 16.1 Å². The van der Waals surface area contributed by atoms with Gasteiger partial charge in [-0.05, 0) is 31.7 Å². The normalized spacial score (nSPS) is 21.2. The molecule has 1 heterocycles. The predicted octanol–water partition coefficient (Wildman–Crippen LogP) is 2.84. The predicted molar refractivity (Wildman–Crippen MR) is 84.3 cm³/mol. The Morgan fingerprint density at radius 2 is 2.17 bits per heavy atom. The van der Waals surface area contributed by atoms with Gasteiger partial charge in [0.25, 0.3) is 0 Å². The molecule has 0 unspecified atom stereocenters. The number of likely N-dealkylation sites (N-methyl/N-ethyl adjacent to an activating group) is 1. The lowest BCUT2D eigenvalue weighted by molar-refractivity contribution is -0.138. The molecule has 0 spiro atoms. The fourth-order valence-corrected chi connectivity index (χ4v) is 2.99. The van der Waals surface area contributed by atoms with Crippen molar-refractivity contribution in [2.24, 2.45) is 5.92 Å². The molecule has 2 rings (SSSR count). The first kappa shape index (κ1) is 17.5. The van der Waals surface area contributed by atoms with Crippen LogP contribution in [0.25, 0.3) is 0 Å². The average Bonchev–Trinajstić information content (AvgIpc) is 2.85. The summed E-state index contributed by atoms with van der Waals surface area (Å²) >= 11 is 0. The summed E-state index contributed by atoms with van der Waals surface area (Å²) in [6.45, 7) is 4.10. The molecule has 1 aromatic rings. The molecule has 1 aliphatic rings. The van der Waals surface area contributed by atoms with Gasteiger partial charge in [-0.2, -0.15) is 0 Å². The van der Waals surface area contributed by atoms with E-state index in [-0.39, 0.29) is 30.7 Å². The molecule has 0 bridgehead atoms. The van der Waals surface area contributed by atoms with E-state index in [0.29, 0.717) is 17.4 Å². The zero-order valence-corrected chi connectivity index (χ0v) is 14.0. The highest BCUT2D eigenvalue weighted by Crippen LogP contribution is 2.25. The highest BCUT2D eigenvalue weighted by molar-refractivity contribution is 5.88. The van der Waals surface area contributed by atoms with E-state index in [2.05, 4.69) is 6.92 Å². The van der Waals surface area contributed by atoms with Crippen molar-refractivity contribution >= 4 is 11.9 Å². The number of hydrogen-bond donors (Lipinski definition) is 1. The number of carbonyl (C=O) groups is 2. The number of carboxylic acid groups (broad SMARTS) is 1. The monoisotopic (exact) mass is 323 g/mol. The van der Waals surface area contributed by atoms with Gasteiger partial charge in [0.1, 0.15) is 23.7 Å². The molecule has 0 aliphatic heterocycles. The molecule has 0 radical (unpaired) electrons. The molecule has 1 amide bonds. The number of amides is 1. The van der Waals surface area contributed by atoms with Crippen molar-refractivity contribution in [3.05, 3.63) is 23.2 Å². The second kappa shape index (κ2) is 7.64. The van der Waals surface area contributed by atoms with Gasteiger partial charge < -0.3 is 19.2 Å². The summed E-state index contributed by atoms with van der Waals surface area (Å²) in [5, 5.41) is 9.01. The summed E-state index contributed by atoms with van der Waals surface area (Å²) in [4.78, 5) is 24.6. The summed E-state index contributed by atoms with van der Waals surface area (Å²) in [7, 11) is 1.66. The molecule has 2 atom stereocenters. The fourth-order valence-electron chi connectivity index (χ4n) is 2.99. The van der Waals surface area contributed by atoms with Gasteiger partial charge in [0, 0.05) is 7.05 Å². The van der Waals surface area contributed by atoms with Gasteiger partial charge in [0.2, 0.25) is 5.91 Å². The summed E-state index contributed by atoms with van der Waals surface area (Å²) in [5.41, 5.74) is 0.133. The lowest BCUT2D eigenvalue weighted by atomic mass is 9.89. The van der Waals surface area contributed by atoms with E-state index in [1.54, 1.807) is 14.0 Å². The number of carbonyl (C=O) groups excluding carboxylic acids is 1. The summed E-state index contributed by atoms with van der Waals surface area (Å²) in [6.07, 6.45) is 4.58. The van der Waals surface area contributed by atoms with E-state index in [4.69, 9.17) is 14.3 Å². The Labute approximate surface area is 136 Å². The molecule has 6 nitrogen and oxygen atoms in total. The summed E-state index contributed by atoms with van der Waals surface area (Å²) in [5.74, 6) is 0.306.